The van der Waals surface area contributed by atoms with Crippen molar-refractivity contribution in [3.8, 4) is 11.6 Å². The molecule has 2 aromatic heterocycles. The van der Waals surface area contributed by atoms with Gasteiger partial charge in [-0.05, 0) is 42.8 Å². The van der Waals surface area contributed by atoms with Gasteiger partial charge in [0.1, 0.15) is 11.4 Å². The summed E-state index contributed by atoms with van der Waals surface area (Å²) >= 11 is 11.9. The van der Waals surface area contributed by atoms with Gasteiger partial charge in [0.25, 0.3) is 5.91 Å². The molecule has 3 aromatic rings. The second kappa shape index (κ2) is 7.76. The predicted molar refractivity (Wildman–Crippen MR) is 100 cm³/mol. The van der Waals surface area contributed by atoms with Crippen LogP contribution in [0.2, 0.25) is 10.0 Å². The first-order valence-corrected chi connectivity index (χ1v) is 8.51. The van der Waals surface area contributed by atoms with E-state index in [0.717, 1.165) is 11.3 Å². The minimum atomic E-state index is -0.326. The summed E-state index contributed by atoms with van der Waals surface area (Å²) in [4.78, 5) is 20.9. The molecule has 26 heavy (non-hydrogen) atoms. The number of amides is 1. The van der Waals surface area contributed by atoms with Gasteiger partial charge in [-0.3, -0.25) is 4.79 Å². The third kappa shape index (κ3) is 4.15. The van der Waals surface area contributed by atoms with Crippen LogP contribution in [0, 0.1) is 6.92 Å². The van der Waals surface area contributed by atoms with Crippen LogP contribution >= 0.6 is 23.2 Å². The van der Waals surface area contributed by atoms with Crippen LogP contribution in [0.25, 0.3) is 5.69 Å². The molecule has 0 radical (unpaired) electrons. The normalized spacial score (nSPS) is 10.6. The van der Waals surface area contributed by atoms with E-state index in [0.29, 0.717) is 21.6 Å². The Morgan fingerprint density at radius 3 is 2.58 bits per heavy atom. The molecule has 0 atom stereocenters. The van der Waals surface area contributed by atoms with Crippen molar-refractivity contribution in [2.75, 3.05) is 7.11 Å². The van der Waals surface area contributed by atoms with Crippen LogP contribution in [-0.2, 0) is 6.54 Å². The number of aromatic nitrogens is 3. The zero-order chi connectivity index (χ0) is 18.7. The first kappa shape index (κ1) is 18.2. The second-order valence-corrected chi connectivity index (χ2v) is 6.48. The van der Waals surface area contributed by atoms with Gasteiger partial charge in [0.15, 0.2) is 0 Å². The molecule has 134 valence electrons. The maximum atomic E-state index is 12.4. The number of methoxy groups -OCH3 is 1. The number of rotatable bonds is 5. The fourth-order valence-electron chi connectivity index (χ4n) is 2.45. The van der Waals surface area contributed by atoms with Gasteiger partial charge in [-0.15, -0.1) is 0 Å². The lowest BCUT2D eigenvalue weighted by Crippen LogP contribution is -2.24. The third-order valence-electron chi connectivity index (χ3n) is 3.63. The number of carbonyl (C=O) groups is 1. The molecule has 0 unspecified atom stereocenters. The van der Waals surface area contributed by atoms with E-state index in [9.17, 15) is 4.79 Å². The first-order chi connectivity index (χ1) is 12.5. The summed E-state index contributed by atoms with van der Waals surface area (Å²) in [6.07, 6.45) is 3.51. The van der Waals surface area contributed by atoms with Gasteiger partial charge in [-0.25, -0.2) is 9.97 Å². The highest BCUT2D eigenvalue weighted by molar-refractivity contribution is 6.34. The Labute approximate surface area is 160 Å². The number of aryl methyl sites for hydroxylation is 1. The van der Waals surface area contributed by atoms with Crippen molar-refractivity contribution in [2.45, 2.75) is 13.5 Å². The number of carbonyl (C=O) groups excluding carboxylic acids is 1. The summed E-state index contributed by atoms with van der Waals surface area (Å²) < 4.78 is 7.11. The summed E-state index contributed by atoms with van der Waals surface area (Å²) in [6.45, 7) is 2.17. The zero-order valence-electron chi connectivity index (χ0n) is 14.2. The SMILES string of the molecule is COc1nc(C(=O)NCc2cc(Cl)cc(Cl)c2)ccc1-n1cnc(C)c1. The number of imidazole rings is 1. The lowest BCUT2D eigenvalue weighted by Gasteiger charge is -2.10. The van der Waals surface area contributed by atoms with Crippen LogP contribution in [-0.4, -0.2) is 27.6 Å². The van der Waals surface area contributed by atoms with Crippen molar-refractivity contribution in [3.05, 3.63) is 69.9 Å². The molecule has 1 N–H and O–H groups in total. The average molecular weight is 391 g/mol. The molecule has 3 rings (SSSR count). The zero-order valence-corrected chi connectivity index (χ0v) is 15.7. The fourth-order valence-corrected chi connectivity index (χ4v) is 3.02. The largest absolute Gasteiger partial charge is 0.479 e. The second-order valence-electron chi connectivity index (χ2n) is 5.61. The van der Waals surface area contributed by atoms with Gasteiger partial charge < -0.3 is 14.6 Å². The van der Waals surface area contributed by atoms with E-state index in [1.165, 1.54) is 7.11 Å². The maximum Gasteiger partial charge on any atom is 0.270 e. The van der Waals surface area contributed by atoms with Crippen molar-refractivity contribution >= 4 is 29.1 Å². The van der Waals surface area contributed by atoms with Gasteiger partial charge >= 0.3 is 0 Å². The molecule has 0 aliphatic rings. The van der Waals surface area contributed by atoms with Crippen molar-refractivity contribution in [2.24, 2.45) is 0 Å². The Kier molecular flexibility index (Phi) is 5.44. The minimum absolute atomic E-state index is 0.246. The molecular formula is C18H16Cl2N4O2. The number of halogens is 2. The first-order valence-electron chi connectivity index (χ1n) is 7.75. The van der Waals surface area contributed by atoms with Crippen LogP contribution in [0.4, 0.5) is 0 Å². The van der Waals surface area contributed by atoms with Crippen molar-refractivity contribution in [3.63, 3.8) is 0 Å². The standard InChI is InChI=1S/C18H16Cl2N4O2/c1-11-9-24(10-22-11)16-4-3-15(23-18(16)26-2)17(25)21-8-12-5-13(19)7-14(20)6-12/h3-7,9-10H,8H2,1-2H3,(H,21,25). The number of ether oxygens (including phenoxy) is 1. The molecular weight excluding hydrogens is 375 g/mol. The van der Waals surface area contributed by atoms with E-state index in [2.05, 4.69) is 15.3 Å². The van der Waals surface area contributed by atoms with E-state index in [4.69, 9.17) is 27.9 Å². The van der Waals surface area contributed by atoms with Crippen molar-refractivity contribution in [1.82, 2.24) is 19.9 Å². The highest BCUT2D eigenvalue weighted by Gasteiger charge is 2.13. The third-order valence-corrected chi connectivity index (χ3v) is 4.07. The number of benzene rings is 1. The molecule has 0 saturated carbocycles. The van der Waals surface area contributed by atoms with Crippen LogP contribution in [0.15, 0.2) is 42.9 Å². The Morgan fingerprint density at radius 2 is 1.96 bits per heavy atom. The average Bonchev–Trinajstić information content (AvgIpc) is 3.04. The molecule has 8 heteroatoms. The van der Waals surface area contributed by atoms with E-state index in [1.807, 2.05) is 13.1 Å². The van der Waals surface area contributed by atoms with Crippen LogP contribution < -0.4 is 10.1 Å². The van der Waals surface area contributed by atoms with Gasteiger partial charge in [0, 0.05) is 22.8 Å². The number of pyridine rings is 1. The Hall–Kier alpha value is -2.57. The van der Waals surface area contributed by atoms with Gasteiger partial charge in [0.05, 0.1) is 19.1 Å². The highest BCUT2D eigenvalue weighted by atomic mass is 35.5. The lowest BCUT2D eigenvalue weighted by atomic mass is 10.2. The van der Waals surface area contributed by atoms with Crippen LogP contribution in [0.5, 0.6) is 5.88 Å². The Morgan fingerprint density at radius 1 is 1.23 bits per heavy atom. The Balaban J connectivity index is 1.77. The number of nitrogens with zero attached hydrogens (tertiary/aromatic N) is 3. The number of nitrogens with one attached hydrogen (secondary N) is 1. The van der Waals surface area contributed by atoms with Crippen molar-refractivity contribution < 1.29 is 9.53 Å². The quantitative estimate of drug-likeness (QED) is 0.718. The summed E-state index contributed by atoms with van der Waals surface area (Å²) in [5, 5.41) is 3.82. The van der Waals surface area contributed by atoms with Crippen LogP contribution in [0.1, 0.15) is 21.7 Å². The summed E-state index contributed by atoms with van der Waals surface area (Å²) in [6, 6.07) is 8.52. The maximum absolute atomic E-state index is 12.4. The molecule has 0 bridgehead atoms. The molecule has 0 aliphatic carbocycles. The van der Waals surface area contributed by atoms with Gasteiger partial charge in [-0.2, -0.15) is 0 Å². The van der Waals surface area contributed by atoms with E-state index >= 15 is 0 Å². The van der Waals surface area contributed by atoms with E-state index < -0.39 is 0 Å². The van der Waals surface area contributed by atoms with E-state index in [-0.39, 0.29) is 18.1 Å². The highest BCUT2D eigenvalue weighted by Crippen LogP contribution is 2.21. The molecule has 0 spiro atoms. The summed E-state index contributed by atoms with van der Waals surface area (Å²) in [7, 11) is 1.51. The monoisotopic (exact) mass is 390 g/mol. The molecule has 2 heterocycles. The van der Waals surface area contributed by atoms with E-state index in [1.54, 1.807) is 41.2 Å². The summed E-state index contributed by atoms with van der Waals surface area (Å²) in [5.74, 6) is 0.00797. The predicted octanol–water partition coefficient (Wildman–Crippen LogP) is 3.82. The Bertz CT molecular complexity index is 936. The number of hydrogen-bond donors (Lipinski definition) is 1. The molecule has 1 amide bonds. The molecule has 0 aliphatic heterocycles. The topological polar surface area (TPSA) is 69.0 Å². The lowest BCUT2D eigenvalue weighted by molar-refractivity contribution is 0.0945. The van der Waals surface area contributed by atoms with Crippen molar-refractivity contribution in [1.29, 1.82) is 0 Å². The molecule has 1 aromatic carbocycles. The van der Waals surface area contributed by atoms with Crippen LogP contribution in [0.3, 0.4) is 0 Å². The van der Waals surface area contributed by atoms with Gasteiger partial charge in [-0.1, -0.05) is 23.2 Å². The van der Waals surface area contributed by atoms with Gasteiger partial charge in [0.2, 0.25) is 5.88 Å². The smallest absolute Gasteiger partial charge is 0.270 e. The fraction of sp³-hybridized carbons (Fsp3) is 0.167. The molecule has 0 saturated heterocycles. The minimum Gasteiger partial charge on any atom is -0.479 e. The summed E-state index contributed by atoms with van der Waals surface area (Å²) in [5.41, 5.74) is 2.62. The molecule has 6 nitrogen and oxygen atoms in total. The number of hydrogen-bond acceptors (Lipinski definition) is 4. The molecule has 0 fully saturated rings.